The van der Waals surface area contributed by atoms with Gasteiger partial charge in [-0.05, 0) is 42.7 Å². The first-order chi connectivity index (χ1) is 16.1. The number of carbonyl (C=O) groups excluding carboxylic acids is 2. The molecule has 4 rings (SSSR count). The van der Waals surface area contributed by atoms with Gasteiger partial charge in [-0.1, -0.05) is 26.0 Å². The van der Waals surface area contributed by atoms with Crippen molar-refractivity contribution < 1.29 is 19.1 Å². The number of nitrogens with zero attached hydrogens (tertiary/aromatic N) is 3. The maximum Gasteiger partial charge on any atom is 0.241 e. The van der Waals surface area contributed by atoms with Crippen LogP contribution in [0.2, 0.25) is 0 Å². The summed E-state index contributed by atoms with van der Waals surface area (Å²) in [7, 11) is 1.57. The fourth-order valence-electron chi connectivity index (χ4n) is 4.99. The average molecular weight is 466 g/mol. The number of aliphatic hydroxyl groups excluding tert-OH is 1. The van der Waals surface area contributed by atoms with Gasteiger partial charge in [0.1, 0.15) is 11.5 Å². The third-order valence-corrected chi connectivity index (χ3v) is 6.83. The highest BCUT2D eigenvalue weighted by molar-refractivity contribution is 6.59. The fourth-order valence-corrected chi connectivity index (χ4v) is 4.99. The van der Waals surface area contributed by atoms with Crippen LogP contribution < -0.4 is 10.2 Å². The SMILES string of the molecule is BC(=O)[C@H]1CN[C@H](C)CN1CC(=O)N1CC(C)(C)c2nc(CO)c(Cc3ccc(F)cc3)cc21. The van der Waals surface area contributed by atoms with Gasteiger partial charge in [0.05, 0.1) is 36.3 Å². The van der Waals surface area contributed by atoms with Gasteiger partial charge < -0.3 is 20.1 Å². The summed E-state index contributed by atoms with van der Waals surface area (Å²) >= 11 is 0. The van der Waals surface area contributed by atoms with E-state index in [1.165, 1.54) is 12.1 Å². The van der Waals surface area contributed by atoms with Crippen LogP contribution in [0.4, 0.5) is 10.1 Å². The van der Waals surface area contributed by atoms with E-state index in [4.69, 9.17) is 4.98 Å². The van der Waals surface area contributed by atoms with Crippen LogP contribution in [-0.2, 0) is 28.0 Å². The molecule has 2 atom stereocenters. The molecule has 2 aliphatic rings. The molecule has 1 fully saturated rings. The smallest absolute Gasteiger partial charge is 0.241 e. The number of halogens is 1. The molecule has 0 unspecified atom stereocenters. The Morgan fingerprint density at radius 3 is 2.65 bits per heavy atom. The zero-order chi connectivity index (χ0) is 24.6. The van der Waals surface area contributed by atoms with Crippen LogP contribution in [-0.4, -0.2) is 72.7 Å². The molecule has 0 spiro atoms. The third kappa shape index (κ3) is 4.92. The maximum atomic E-state index is 13.5. The number of hydrogen-bond acceptors (Lipinski definition) is 6. The van der Waals surface area contributed by atoms with Crippen LogP contribution in [0.25, 0.3) is 0 Å². The van der Waals surface area contributed by atoms with Crippen LogP contribution in [0.3, 0.4) is 0 Å². The quantitative estimate of drug-likeness (QED) is 0.612. The van der Waals surface area contributed by atoms with E-state index in [1.54, 1.807) is 24.9 Å². The Morgan fingerprint density at radius 1 is 1.29 bits per heavy atom. The van der Waals surface area contributed by atoms with Crippen molar-refractivity contribution in [3.63, 3.8) is 0 Å². The van der Waals surface area contributed by atoms with Crippen LogP contribution in [0, 0.1) is 5.82 Å². The number of aliphatic hydroxyl groups is 1. The number of hydrogen-bond donors (Lipinski definition) is 2. The van der Waals surface area contributed by atoms with E-state index < -0.39 is 0 Å². The summed E-state index contributed by atoms with van der Waals surface area (Å²) < 4.78 is 13.3. The van der Waals surface area contributed by atoms with E-state index in [9.17, 15) is 19.1 Å². The third-order valence-electron chi connectivity index (χ3n) is 6.83. The molecule has 2 N–H and O–H groups in total. The highest BCUT2D eigenvalue weighted by Gasteiger charge is 2.41. The van der Waals surface area contributed by atoms with E-state index in [0.29, 0.717) is 31.7 Å². The minimum Gasteiger partial charge on any atom is -0.390 e. The lowest BCUT2D eigenvalue weighted by Crippen LogP contribution is -2.60. The first-order valence-corrected chi connectivity index (χ1v) is 11.8. The molecule has 3 heterocycles. The Balaban J connectivity index is 1.64. The fraction of sp³-hybridized carbons (Fsp3) is 0.480. The van der Waals surface area contributed by atoms with Crippen molar-refractivity contribution >= 4 is 25.1 Å². The number of anilines is 1. The van der Waals surface area contributed by atoms with Crippen LogP contribution in [0.15, 0.2) is 30.3 Å². The Kier molecular flexibility index (Phi) is 6.89. The molecule has 0 bridgehead atoms. The number of benzene rings is 1. The molecule has 0 radical (unpaired) electrons. The summed E-state index contributed by atoms with van der Waals surface area (Å²) in [6, 6.07) is 8.06. The normalized spacial score (nSPS) is 22.0. The van der Waals surface area contributed by atoms with Gasteiger partial charge in [0.2, 0.25) is 5.91 Å². The first kappa shape index (κ1) is 24.5. The molecule has 34 heavy (non-hydrogen) atoms. The number of piperazine rings is 1. The Bertz CT molecular complexity index is 1090. The molecule has 1 aromatic carbocycles. The molecule has 0 aliphatic carbocycles. The monoisotopic (exact) mass is 466 g/mol. The van der Waals surface area contributed by atoms with Crippen LogP contribution >= 0.6 is 0 Å². The molecule has 1 saturated heterocycles. The molecule has 0 saturated carbocycles. The first-order valence-electron chi connectivity index (χ1n) is 11.8. The number of amides is 1. The predicted molar refractivity (Wildman–Crippen MR) is 131 cm³/mol. The van der Waals surface area contributed by atoms with E-state index in [0.717, 1.165) is 22.5 Å². The van der Waals surface area contributed by atoms with E-state index in [2.05, 4.69) is 5.32 Å². The van der Waals surface area contributed by atoms with Crippen molar-refractivity contribution in [2.24, 2.45) is 0 Å². The molecular weight excluding hydrogens is 434 g/mol. The Morgan fingerprint density at radius 2 is 2.00 bits per heavy atom. The van der Waals surface area contributed by atoms with Crippen molar-refractivity contribution in [2.45, 2.75) is 51.3 Å². The molecule has 1 amide bonds. The summed E-state index contributed by atoms with van der Waals surface area (Å²) in [5.41, 5.74) is 3.47. The zero-order valence-corrected chi connectivity index (χ0v) is 20.3. The van der Waals surface area contributed by atoms with Crippen molar-refractivity contribution in [1.29, 1.82) is 0 Å². The standard InChI is InChI=1S/C25H32BFN4O3/c1-15-11-30(21(10-28-15)24(26)34)12-22(33)31-14-25(2,3)23-20(31)9-17(19(13-32)29-23)8-16-4-6-18(27)7-5-16/h4-7,9,15,21,28,32H,8,10-14,26H2,1-3H3/t15-,21-/m1/s1. The van der Waals surface area contributed by atoms with Crippen molar-refractivity contribution in [1.82, 2.24) is 15.2 Å². The molecule has 2 aromatic rings. The largest absolute Gasteiger partial charge is 0.390 e. The summed E-state index contributed by atoms with van der Waals surface area (Å²) in [6.07, 6.45) is 0.473. The highest BCUT2D eigenvalue weighted by Crippen LogP contribution is 2.40. The van der Waals surface area contributed by atoms with Gasteiger partial charge in [0.15, 0.2) is 7.85 Å². The Hall–Kier alpha value is -2.62. The molecule has 1 aromatic heterocycles. The maximum absolute atomic E-state index is 13.5. The number of carbonyl (C=O) groups is 2. The van der Waals surface area contributed by atoms with Gasteiger partial charge in [-0.15, -0.1) is 0 Å². The lowest BCUT2D eigenvalue weighted by Gasteiger charge is -2.38. The van der Waals surface area contributed by atoms with Gasteiger partial charge >= 0.3 is 0 Å². The molecule has 2 aliphatic heterocycles. The minimum absolute atomic E-state index is 0.0465. The van der Waals surface area contributed by atoms with Gasteiger partial charge in [-0.2, -0.15) is 0 Å². The summed E-state index contributed by atoms with van der Waals surface area (Å²) in [4.78, 5) is 34.2. The van der Waals surface area contributed by atoms with E-state index >= 15 is 0 Å². The average Bonchev–Trinajstić information content (AvgIpc) is 3.04. The van der Waals surface area contributed by atoms with E-state index in [-0.39, 0.29) is 48.1 Å². The zero-order valence-electron chi connectivity index (χ0n) is 20.3. The summed E-state index contributed by atoms with van der Waals surface area (Å²) in [5, 5.41) is 13.3. The number of rotatable bonds is 6. The van der Waals surface area contributed by atoms with Gasteiger partial charge in [0, 0.05) is 31.1 Å². The second-order valence-corrected chi connectivity index (χ2v) is 10.2. The minimum atomic E-state index is -0.375. The van der Waals surface area contributed by atoms with E-state index in [1.807, 2.05) is 31.7 Å². The molecular formula is C25H32BFN4O3. The number of pyridine rings is 1. The van der Waals surface area contributed by atoms with Crippen molar-refractivity contribution in [3.8, 4) is 0 Å². The lowest BCUT2D eigenvalue weighted by atomic mass is 9.90. The Labute approximate surface area is 200 Å². The van der Waals surface area contributed by atoms with Crippen molar-refractivity contribution in [2.75, 3.05) is 31.1 Å². The van der Waals surface area contributed by atoms with Crippen molar-refractivity contribution in [3.05, 3.63) is 58.7 Å². The lowest BCUT2D eigenvalue weighted by molar-refractivity contribution is -0.123. The molecule has 7 nitrogen and oxygen atoms in total. The van der Waals surface area contributed by atoms with Gasteiger partial charge in [-0.3, -0.25) is 14.7 Å². The molecule has 180 valence electrons. The topological polar surface area (TPSA) is 85.8 Å². The summed E-state index contributed by atoms with van der Waals surface area (Å²) in [6.45, 7) is 7.70. The number of aromatic nitrogens is 1. The molecule has 9 heteroatoms. The van der Waals surface area contributed by atoms with Crippen LogP contribution in [0.5, 0.6) is 0 Å². The highest BCUT2D eigenvalue weighted by atomic mass is 19.1. The predicted octanol–water partition coefficient (Wildman–Crippen LogP) is 0.750. The second-order valence-electron chi connectivity index (χ2n) is 10.2. The number of nitrogens with one attached hydrogen (secondary N) is 1. The van der Waals surface area contributed by atoms with Gasteiger partial charge in [0.25, 0.3) is 0 Å². The van der Waals surface area contributed by atoms with Crippen LogP contribution in [0.1, 0.15) is 43.3 Å². The number of fused-ring (bicyclic) bond motifs is 1. The second kappa shape index (κ2) is 9.56. The summed E-state index contributed by atoms with van der Waals surface area (Å²) in [5.74, 6) is -0.374. The van der Waals surface area contributed by atoms with Gasteiger partial charge in [-0.25, -0.2) is 4.39 Å².